The lowest BCUT2D eigenvalue weighted by molar-refractivity contribution is -0.385. The summed E-state index contributed by atoms with van der Waals surface area (Å²) in [6.45, 7) is 3.92. The van der Waals surface area contributed by atoms with Crippen molar-refractivity contribution in [2.24, 2.45) is 0 Å². The Morgan fingerprint density at radius 2 is 2.22 bits per heavy atom. The highest BCUT2D eigenvalue weighted by Gasteiger charge is 2.23. The van der Waals surface area contributed by atoms with E-state index in [0.29, 0.717) is 5.82 Å². The smallest absolute Gasteiger partial charge is 0.313 e. The van der Waals surface area contributed by atoms with E-state index in [1.807, 2.05) is 13.8 Å². The average molecular weight is 340 g/mol. The molecule has 0 aliphatic carbocycles. The van der Waals surface area contributed by atoms with Crippen LogP contribution in [0.5, 0.6) is 5.75 Å². The number of nitrogens with zero attached hydrogens (tertiary/aromatic N) is 4. The van der Waals surface area contributed by atoms with Crippen molar-refractivity contribution in [3.63, 3.8) is 0 Å². The van der Waals surface area contributed by atoms with Gasteiger partial charge < -0.3 is 15.0 Å². The van der Waals surface area contributed by atoms with Gasteiger partial charge in [0.1, 0.15) is 6.33 Å². The number of phenolic OH excluding ortho intramolecular Hbond substituents is 1. The molecule has 10 heteroatoms. The number of hydrogen-bond acceptors (Lipinski definition) is 6. The molecule has 2 rings (SSSR count). The van der Waals surface area contributed by atoms with Crippen LogP contribution in [0.1, 0.15) is 36.1 Å². The predicted molar refractivity (Wildman–Crippen MR) is 81.3 cm³/mol. The lowest BCUT2D eigenvalue weighted by atomic mass is 10.1. The number of halogens is 1. The SMILES string of the molecule is CC(C)n1cnnc1CNC(=O)c1cc(Cl)cc([N+](=O)[O-])c1O. The van der Waals surface area contributed by atoms with E-state index in [1.165, 1.54) is 6.33 Å². The number of benzene rings is 1. The van der Waals surface area contributed by atoms with Gasteiger partial charge in [0.15, 0.2) is 5.82 Å². The van der Waals surface area contributed by atoms with Gasteiger partial charge in [-0.05, 0) is 19.9 Å². The maximum atomic E-state index is 12.2. The third-order valence-corrected chi connectivity index (χ3v) is 3.32. The summed E-state index contributed by atoms with van der Waals surface area (Å²) in [4.78, 5) is 22.2. The minimum absolute atomic E-state index is 0.0232. The molecule has 1 aromatic heterocycles. The fourth-order valence-electron chi connectivity index (χ4n) is 1.98. The van der Waals surface area contributed by atoms with E-state index in [1.54, 1.807) is 4.57 Å². The molecular weight excluding hydrogens is 326 g/mol. The highest BCUT2D eigenvalue weighted by molar-refractivity contribution is 6.31. The number of carbonyl (C=O) groups excluding carboxylic acids is 1. The third kappa shape index (κ3) is 3.57. The van der Waals surface area contributed by atoms with E-state index in [2.05, 4.69) is 15.5 Å². The number of rotatable bonds is 5. The van der Waals surface area contributed by atoms with Crippen molar-refractivity contribution in [1.29, 1.82) is 0 Å². The van der Waals surface area contributed by atoms with Crippen LogP contribution in [0.3, 0.4) is 0 Å². The topological polar surface area (TPSA) is 123 Å². The minimum atomic E-state index is -0.812. The van der Waals surface area contributed by atoms with Gasteiger partial charge in [-0.3, -0.25) is 14.9 Å². The first-order chi connectivity index (χ1) is 10.8. The molecule has 0 unspecified atom stereocenters. The maximum absolute atomic E-state index is 12.2. The molecule has 0 fully saturated rings. The molecule has 0 spiro atoms. The molecule has 0 bridgehead atoms. The summed E-state index contributed by atoms with van der Waals surface area (Å²) >= 11 is 5.75. The van der Waals surface area contributed by atoms with Crippen LogP contribution in [0.2, 0.25) is 5.02 Å². The van der Waals surface area contributed by atoms with Gasteiger partial charge in [-0.25, -0.2) is 0 Å². The van der Waals surface area contributed by atoms with Crippen molar-refractivity contribution in [2.75, 3.05) is 0 Å². The molecule has 2 aromatic rings. The number of aromatic hydroxyl groups is 1. The molecule has 0 saturated carbocycles. The summed E-state index contributed by atoms with van der Waals surface area (Å²) in [5.41, 5.74) is -0.909. The summed E-state index contributed by atoms with van der Waals surface area (Å²) in [7, 11) is 0. The van der Waals surface area contributed by atoms with Crippen LogP contribution in [0.4, 0.5) is 5.69 Å². The fraction of sp³-hybridized carbons (Fsp3) is 0.308. The molecule has 1 aromatic carbocycles. The van der Waals surface area contributed by atoms with E-state index in [4.69, 9.17) is 11.6 Å². The molecule has 122 valence electrons. The number of carbonyl (C=O) groups is 1. The highest BCUT2D eigenvalue weighted by Crippen LogP contribution is 2.33. The van der Waals surface area contributed by atoms with Crippen molar-refractivity contribution in [1.82, 2.24) is 20.1 Å². The summed E-state index contributed by atoms with van der Waals surface area (Å²) < 4.78 is 1.76. The molecule has 9 nitrogen and oxygen atoms in total. The maximum Gasteiger partial charge on any atom is 0.313 e. The number of phenols is 1. The van der Waals surface area contributed by atoms with Crippen molar-refractivity contribution >= 4 is 23.2 Å². The zero-order valence-electron chi connectivity index (χ0n) is 12.4. The summed E-state index contributed by atoms with van der Waals surface area (Å²) in [5, 5.41) is 30.9. The Balaban J connectivity index is 2.21. The fourth-order valence-corrected chi connectivity index (χ4v) is 2.19. The van der Waals surface area contributed by atoms with Gasteiger partial charge in [-0.2, -0.15) is 0 Å². The Morgan fingerprint density at radius 1 is 1.52 bits per heavy atom. The molecule has 0 aliphatic heterocycles. The van der Waals surface area contributed by atoms with Crippen LogP contribution in [0, 0.1) is 10.1 Å². The van der Waals surface area contributed by atoms with Crippen molar-refractivity contribution < 1.29 is 14.8 Å². The molecule has 0 aliphatic rings. The summed E-state index contributed by atoms with van der Waals surface area (Å²) in [5.74, 6) is -0.919. The van der Waals surface area contributed by atoms with Crippen LogP contribution in [0.25, 0.3) is 0 Å². The second kappa shape index (κ2) is 6.61. The zero-order chi connectivity index (χ0) is 17.1. The average Bonchev–Trinajstić information content (AvgIpc) is 2.95. The Labute approximate surface area is 136 Å². The quantitative estimate of drug-likeness (QED) is 0.634. The Kier molecular flexibility index (Phi) is 4.80. The van der Waals surface area contributed by atoms with Crippen LogP contribution in [0.15, 0.2) is 18.5 Å². The molecule has 1 heterocycles. The van der Waals surface area contributed by atoms with Gasteiger partial charge in [0, 0.05) is 17.1 Å². The van der Waals surface area contributed by atoms with E-state index in [0.717, 1.165) is 12.1 Å². The molecule has 0 radical (unpaired) electrons. The normalized spacial score (nSPS) is 10.8. The number of nitro groups is 1. The molecule has 0 saturated heterocycles. The van der Waals surface area contributed by atoms with E-state index in [-0.39, 0.29) is 23.2 Å². The lowest BCUT2D eigenvalue weighted by Crippen LogP contribution is -2.25. The van der Waals surface area contributed by atoms with Gasteiger partial charge in [0.25, 0.3) is 5.91 Å². The molecule has 2 N–H and O–H groups in total. The number of hydrogen-bond donors (Lipinski definition) is 2. The minimum Gasteiger partial charge on any atom is -0.502 e. The van der Waals surface area contributed by atoms with Crippen molar-refractivity contribution in [3.8, 4) is 5.75 Å². The second-order valence-corrected chi connectivity index (χ2v) is 5.45. The van der Waals surface area contributed by atoms with Gasteiger partial charge in [-0.15, -0.1) is 10.2 Å². The molecule has 1 amide bonds. The summed E-state index contributed by atoms with van der Waals surface area (Å²) in [6, 6.07) is 2.24. The first-order valence-electron chi connectivity index (χ1n) is 6.64. The van der Waals surface area contributed by atoms with Gasteiger partial charge in [-0.1, -0.05) is 11.6 Å². The van der Waals surface area contributed by atoms with Gasteiger partial charge in [0.05, 0.1) is 17.0 Å². The van der Waals surface area contributed by atoms with Crippen LogP contribution < -0.4 is 5.32 Å². The second-order valence-electron chi connectivity index (χ2n) is 5.01. The monoisotopic (exact) mass is 339 g/mol. The van der Waals surface area contributed by atoms with E-state index in [9.17, 15) is 20.0 Å². The van der Waals surface area contributed by atoms with Crippen LogP contribution in [-0.4, -0.2) is 30.7 Å². The number of nitro benzene ring substituents is 1. The van der Waals surface area contributed by atoms with Crippen LogP contribution >= 0.6 is 11.6 Å². The van der Waals surface area contributed by atoms with Crippen molar-refractivity contribution in [3.05, 3.63) is 45.0 Å². The number of nitrogens with one attached hydrogen (secondary N) is 1. The summed E-state index contributed by atoms with van der Waals surface area (Å²) in [6.07, 6.45) is 1.54. The third-order valence-electron chi connectivity index (χ3n) is 3.11. The Morgan fingerprint density at radius 3 is 2.83 bits per heavy atom. The Hall–Kier alpha value is -2.68. The zero-order valence-corrected chi connectivity index (χ0v) is 13.1. The molecular formula is C13H14ClN5O4. The Bertz CT molecular complexity index is 759. The first-order valence-corrected chi connectivity index (χ1v) is 7.02. The van der Waals surface area contributed by atoms with Crippen molar-refractivity contribution in [2.45, 2.75) is 26.4 Å². The largest absolute Gasteiger partial charge is 0.502 e. The molecule has 0 atom stereocenters. The standard InChI is InChI=1S/C13H14ClN5O4/c1-7(2)18-6-16-17-11(18)5-15-13(21)9-3-8(14)4-10(12(9)20)19(22)23/h3-4,6-7,20H,5H2,1-2H3,(H,15,21). The molecule has 23 heavy (non-hydrogen) atoms. The van der Waals surface area contributed by atoms with Gasteiger partial charge in [0.2, 0.25) is 5.75 Å². The van der Waals surface area contributed by atoms with E-state index < -0.39 is 22.3 Å². The number of aromatic nitrogens is 3. The number of amides is 1. The van der Waals surface area contributed by atoms with Gasteiger partial charge >= 0.3 is 5.69 Å². The van der Waals surface area contributed by atoms with Crippen LogP contribution in [-0.2, 0) is 6.54 Å². The predicted octanol–water partition coefficient (Wildman–Crippen LogP) is 2.06. The van der Waals surface area contributed by atoms with E-state index >= 15 is 0 Å². The lowest BCUT2D eigenvalue weighted by Gasteiger charge is -2.11. The highest BCUT2D eigenvalue weighted by atomic mass is 35.5. The first kappa shape index (κ1) is 16.7.